The quantitative estimate of drug-likeness (QED) is 0.896. The molecule has 1 saturated heterocycles. The minimum Gasteiger partial charge on any atom is -0.481 e. The molecular weight excluding hydrogens is 240 g/mol. The summed E-state index contributed by atoms with van der Waals surface area (Å²) in [6.07, 6.45) is 0.212. The number of carboxylic acid groups (broad SMARTS) is 1. The molecule has 0 amide bonds. The highest BCUT2D eigenvalue weighted by molar-refractivity contribution is 5.67. The van der Waals surface area contributed by atoms with Crippen molar-refractivity contribution < 1.29 is 9.90 Å². The molecule has 1 aromatic rings. The first kappa shape index (κ1) is 14.0. The topological polar surface area (TPSA) is 43.8 Å². The van der Waals surface area contributed by atoms with Crippen LogP contribution in [0, 0.1) is 0 Å². The second-order valence-electron chi connectivity index (χ2n) is 5.46. The van der Waals surface area contributed by atoms with Crippen molar-refractivity contribution in [2.24, 2.45) is 0 Å². The molecule has 1 aromatic carbocycles. The zero-order valence-electron chi connectivity index (χ0n) is 11.6. The molecule has 0 spiro atoms. The summed E-state index contributed by atoms with van der Waals surface area (Å²) >= 11 is 0. The predicted molar refractivity (Wildman–Crippen MR) is 75.0 cm³/mol. The molecule has 2 rings (SSSR count). The lowest BCUT2D eigenvalue weighted by Crippen LogP contribution is -2.56. The van der Waals surface area contributed by atoms with Crippen LogP contribution in [0.1, 0.15) is 18.9 Å². The smallest absolute Gasteiger partial charge is 0.304 e. The minimum atomic E-state index is -0.717. The van der Waals surface area contributed by atoms with E-state index < -0.39 is 5.97 Å². The number of likely N-dealkylation sites (N-methyl/N-ethyl adjacent to an activating group) is 1. The van der Waals surface area contributed by atoms with E-state index in [4.69, 9.17) is 5.11 Å². The fourth-order valence-electron chi connectivity index (χ4n) is 2.66. The van der Waals surface area contributed by atoms with E-state index in [0.29, 0.717) is 6.04 Å². The lowest BCUT2D eigenvalue weighted by atomic mass is 10.0. The largest absolute Gasteiger partial charge is 0.481 e. The molecule has 104 valence electrons. The summed E-state index contributed by atoms with van der Waals surface area (Å²) in [5.74, 6) is -0.717. The summed E-state index contributed by atoms with van der Waals surface area (Å²) in [6.45, 7) is 4.76. The second kappa shape index (κ2) is 6.17. The van der Waals surface area contributed by atoms with Gasteiger partial charge in [-0.1, -0.05) is 30.3 Å². The molecule has 0 unspecified atom stereocenters. The van der Waals surface area contributed by atoms with E-state index in [1.165, 1.54) is 5.56 Å². The van der Waals surface area contributed by atoms with E-state index in [0.717, 1.165) is 19.6 Å². The highest BCUT2D eigenvalue weighted by Gasteiger charge is 2.30. The minimum absolute atomic E-state index is 0.0962. The number of hydrogen-bond donors (Lipinski definition) is 1. The van der Waals surface area contributed by atoms with E-state index in [2.05, 4.69) is 35.9 Å². The second-order valence-corrected chi connectivity index (χ2v) is 5.46. The van der Waals surface area contributed by atoms with E-state index in [1.54, 1.807) is 0 Å². The number of hydrogen-bond acceptors (Lipinski definition) is 3. The van der Waals surface area contributed by atoms with Gasteiger partial charge in [0.15, 0.2) is 0 Å². The number of nitrogens with zero attached hydrogens (tertiary/aromatic N) is 2. The van der Waals surface area contributed by atoms with Gasteiger partial charge in [0.05, 0.1) is 6.42 Å². The van der Waals surface area contributed by atoms with Gasteiger partial charge in [-0.05, 0) is 19.5 Å². The van der Waals surface area contributed by atoms with Crippen molar-refractivity contribution in [1.29, 1.82) is 0 Å². The lowest BCUT2D eigenvalue weighted by molar-refractivity contribution is -0.139. The van der Waals surface area contributed by atoms with Gasteiger partial charge < -0.3 is 10.0 Å². The van der Waals surface area contributed by atoms with Crippen molar-refractivity contribution in [2.45, 2.75) is 32.0 Å². The van der Waals surface area contributed by atoms with Gasteiger partial charge in [-0.15, -0.1) is 0 Å². The van der Waals surface area contributed by atoms with Gasteiger partial charge in [-0.3, -0.25) is 9.69 Å². The Morgan fingerprint density at radius 1 is 1.32 bits per heavy atom. The Hall–Kier alpha value is -1.39. The molecule has 1 heterocycles. The summed E-state index contributed by atoms with van der Waals surface area (Å²) < 4.78 is 0. The maximum Gasteiger partial charge on any atom is 0.304 e. The Bertz CT molecular complexity index is 421. The summed E-state index contributed by atoms with van der Waals surface area (Å²) in [7, 11) is 2.07. The third-order valence-electron chi connectivity index (χ3n) is 3.91. The Labute approximate surface area is 114 Å². The van der Waals surface area contributed by atoms with E-state index >= 15 is 0 Å². The molecule has 2 atom stereocenters. The average molecular weight is 262 g/mol. The van der Waals surface area contributed by atoms with E-state index in [9.17, 15) is 4.79 Å². The van der Waals surface area contributed by atoms with Crippen molar-refractivity contribution in [2.75, 3.05) is 20.1 Å². The summed E-state index contributed by atoms with van der Waals surface area (Å²) in [5, 5.41) is 9.06. The Kier molecular flexibility index (Phi) is 4.56. The van der Waals surface area contributed by atoms with Crippen molar-refractivity contribution in [3.8, 4) is 0 Å². The van der Waals surface area contributed by atoms with Crippen LogP contribution in [0.3, 0.4) is 0 Å². The highest BCUT2D eigenvalue weighted by Crippen LogP contribution is 2.19. The van der Waals surface area contributed by atoms with Gasteiger partial charge in [0.25, 0.3) is 0 Å². The SMILES string of the molecule is C[C@H]1CN(Cc2ccccc2)[C@H](CC(=O)O)CN1C. The molecule has 4 heteroatoms. The van der Waals surface area contributed by atoms with Gasteiger partial charge in [-0.25, -0.2) is 0 Å². The Balaban J connectivity index is 2.07. The summed E-state index contributed by atoms with van der Waals surface area (Å²) in [5.41, 5.74) is 1.25. The average Bonchev–Trinajstić information content (AvgIpc) is 2.36. The summed E-state index contributed by atoms with van der Waals surface area (Å²) in [6, 6.07) is 10.8. The normalized spacial score (nSPS) is 25.4. The van der Waals surface area contributed by atoms with Gasteiger partial charge in [-0.2, -0.15) is 0 Å². The molecule has 0 saturated carbocycles. The molecule has 4 nitrogen and oxygen atoms in total. The maximum absolute atomic E-state index is 11.0. The molecule has 1 aliphatic heterocycles. The van der Waals surface area contributed by atoms with E-state index in [1.807, 2.05) is 18.2 Å². The molecule has 0 aliphatic carbocycles. The zero-order valence-corrected chi connectivity index (χ0v) is 11.6. The van der Waals surface area contributed by atoms with Crippen LogP contribution >= 0.6 is 0 Å². The third-order valence-corrected chi connectivity index (χ3v) is 3.91. The highest BCUT2D eigenvalue weighted by atomic mass is 16.4. The Morgan fingerprint density at radius 3 is 2.63 bits per heavy atom. The first-order valence-corrected chi connectivity index (χ1v) is 6.76. The van der Waals surface area contributed by atoms with Gasteiger partial charge in [0.2, 0.25) is 0 Å². The molecular formula is C15H22N2O2. The van der Waals surface area contributed by atoms with Crippen LogP contribution < -0.4 is 0 Å². The molecule has 0 aromatic heterocycles. The summed E-state index contributed by atoms with van der Waals surface area (Å²) in [4.78, 5) is 15.6. The first-order valence-electron chi connectivity index (χ1n) is 6.76. The molecule has 1 N–H and O–H groups in total. The van der Waals surface area contributed by atoms with Gasteiger partial charge in [0, 0.05) is 31.7 Å². The fraction of sp³-hybridized carbons (Fsp3) is 0.533. The fourth-order valence-corrected chi connectivity index (χ4v) is 2.66. The van der Waals surface area contributed by atoms with Crippen molar-refractivity contribution in [3.63, 3.8) is 0 Å². The third kappa shape index (κ3) is 3.78. The molecule has 1 fully saturated rings. The number of carbonyl (C=O) groups is 1. The van der Waals surface area contributed by atoms with Crippen molar-refractivity contribution >= 4 is 5.97 Å². The van der Waals surface area contributed by atoms with Crippen LogP contribution in [-0.2, 0) is 11.3 Å². The van der Waals surface area contributed by atoms with Gasteiger partial charge in [0.1, 0.15) is 0 Å². The molecule has 0 bridgehead atoms. The van der Waals surface area contributed by atoms with Crippen LogP contribution in [0.5, 0.6) is 0 Å². The van der Waals surface area contributed by atoms with Crippen molar-refractivity contribution in [1.82, 2.24) is 9.80 Å². The van der Waals surface area contributed by atoms with Crippen molar-refractivity contribution in [3.05, 3.63) is 35.9 Å². The maximum atomic E-state index is 11.0. The number of benzene rings is 1. The zero-order chi connectivity index (χ0) is 13.8. The van der Waals surface area contributed by atoms with Crippen LogP contribution in [0.25, 0.3) is 0 Å². The molecule has 1 aliphatic rings. The Morgan fingerprint density at radius 2 is 2.00 bits per heavy atom. The molecule has 19 heavy (non-hydrogen) atoms. The van der Waals surface area contributed by atoms with Crippen LogP contribution in [0.2, 0.25) is 0 Å². The number of aliphatic carboxylic acids is 1. The van der Waals surface area contributed by atoms with Gasteiger partial charge >= 0.3 is 5.97 Å². The van der Waals surface area contributed by atoms with E-state index in [-0.39, 0.29) is 12.5 Å². The first-order chi connectivity index (χ1) is 9.06. The lowest BCUT2D eigenvalue weighted by Gasteiger charge is -2.43. The number of carboxylic acids is 1. The van der Waals surface area contributed by atoms with Crippen LogP contribution in [0.4, 0.5) is 0 Å². The van der Waals surface area contributed by atoms with Crippen LogP contribution in [-0.4, -0.2) is 53.1 Å². The number of rotatable bonds is 4. The number of piperazine rings is 1. The molecule has 0 radical (unpaired) electrons. The van der Waals surface area contributed by atoms with Crippen LogP contribution in [0.15, 0.2) is 30.3 Å². The predicted octanol–water partition coefficient (Wildman–Crippen LogP) is 1.67. The monoisotopic (exact) mass is 262 g/mol. The standard InChI is InChI=1S/C15H22N2O2/c1-12-9-17(10-13-6-4-3-5-7-13)14(8-15(18)19)11-16(12)2/h3-7,12,14H,8-11H2,1-2H3,(H,18,19)/t12-,14+/m0/s1.